The number of benzene rings is 1. The Morgan fingerprint density at radius 2 is 1.83 bits per heavy atom. The Balaban J connectivity index is 1.74. The Morgan fingerprint density at radius 3 is 2.46 bits per heavy atom. The average molecular weight is 335 g/mol. The van der Waals surface area contributed by atoms with Gasteiger partial charge in [-0.05, 0) is 26.3 Å². The third-order valence-electron chi connectivity index (χ3n) is 4.36. The van der Waals surface area contributed by atoms with E-state index in [0.29, 0.717) is 0 Å². The lowest BCUT2D eigenvalue weighted by atomic mass is 10.1. The minimum atomic E-state index is -1.13. The zero-order valence-electron chi connectivity index (χ0n) is 13.8. The van der Waals surface area contributed by atoms with Crippen molar-refractivity contribution in [2.45, 2.75) is 57.5 Å². The van der Waals surface area contributed by atoms with Gasteiger partial charge in [0.1, 0.15) is 18.8 Å². The molecule has 0 saturated carbocycles. The largest absolute Gasteiger partial charge is 0.480 e. The number of ether oxygens (including phenoxy) is 3. The van der Waals surface area contributed by atoms with Crippen molar-refractivity contribution < 1.29 is 28.9 Å². The van der Waals surface area contributed by atoms with E-state index in [-0.39, 0.29) is 6.61 Å². The zero-order chi connectivity index (χ0) is 17.5. The minimum absolute atomic E-state index is 0.0811. The summed E-state index contributed by atoms with van der Waals surface area (Å²) in [7, 11) is 0. The molecule has 0 radical (unpaired) electrons. The fourth-order valence-electron chi connectivity index (χ4n) is 3.34. The lowest BCUT2D eigenvalue weighted by molar-refractivity contribution is -0.172. The van der Waals surface area contributed by atoms with Crippen LogP contribution in [-0.2, 0) is 25.6 Å². The maximum atomic E-state index is 12.5. The highest BCUT2D eigenvalue weighted by molar-refractivity contribution is 5.82. The summed E-state index contributed by atoms with van der Waals surface area (Å²) in [5, 5.41) is 9.57. The second-order valence-corrected chi connectivity index (χ2v) is 6.54. The maximum Gasteiger partial charge on any atom is 0.411 e. The number of hydrogen-bond acceptors (Lipinski definition) is 5. The Kier molecular flexibility index (Phi) is 4.23. The number of carboxylic acid groups (broad SMARTS) is 1. The standard InChI is InChI=1S/C17H21NO6/c1-10-13-14(24-17(2,3)23-13)12(15(19)20)18(10)16(21)22-9-11-7-5-4-6-8-11/h4-8,10,12-14H,9H2,1-3H3,(H,19,20)/t10-,12+,13+,14-/m0/s1. The van der Waals surface area contributed by atoms with Crippen LogP contribution in [0.3, 0.4) is 0 Å². The first-order chi connectivity index (χ1) is 11.3. The predicted octanol–water partition coefficient (Wildman–Crippen LogP) is 2.00. The molecule has 3 rings (SSSR count). The molecule has 1 amide bonds. The molecule has 0 aromatic heterocycles. The summed E-state index contributed by atoms with van der Waals surface area (Å²) in [5.74, 6) is -2.00. The molecule has 4 atom stereocenters. The Hall–Kier alpha value is -2.12. The fourth-order valence-corrected chi connectivity index (χ4v) is 3.34. The molecule has 130 valence electrons. The van der Waals surface area contributed by atoms with Crippen LogP contribution in [0.25, 0.3) is 0 Å². The lowest BCUT2D eigenvalue weighted by Gasteiger charge is -2.30. The normalized spacial score (nSPS) is 30.9. The molecule has 1 N–H and O–H groups in total. The highest BCUT2D eigenvalue weighted by Gasteiger charge is 2.60. The third kappa shape index (κ3) is 2.97. The lowest BCUT2D eigenvalue weighted by Crippen LogP contribution is -2.49. The SMILES string of the molecule is C[C@H]1[C@H]2OC(C)(C)O[C@H]2[C@H](C(=O)O)N1C(=O)OCc1ccccc1. The van der Waals surface area contributed by atoms with Gasteiger partial charge in [-0.1, -0.05) is 30.3 Å². The van der Waals surface area contributed by atoms with Crippen LogP contribution in [0.1, 0.15) is 26.3 Å². The molecule has 2 fully saturated rings. The monoisotopic (exact) mass is 335 g/mol. The van der Waals surface area contributed by atoms with Gasteiger partial charge in [-0.25, -0.2) is 9.59 Å². The van der Waals surface area contributed by atoms with Crippen molar-refractivity contribution in [1.82, 2.24) is 4.90 Å². The van der Waals surface area contributed by atoms with Crippen LogP contribution in [0.15, 0.2) is 30.3 Å². The third-order valence-corrected chi connectivity index (χ3v) is 4.36. The molecule has 1 aromatic rings. The van der Waals surface area contributed by atoms with Crippen molar-refractivity contribution in [2.24, 2.45) is 0 Å². The molecule has 1 aromatic carbocycles. The van der Waals surface area contributed by atoms with Gasteiger partial charge < -0.3 is 19.3 Å². The van der Waals surface area contributed by atoms with E-state index in [2.05, 4.69) is 0 Å². The number of amides is 1. The first-order valence-corrected chi connectivity index (χ1v) is 7.87. The molecular weight excluding hydrogens is 314 g/mol. The van der Waals surface area contributed by atoms with Crippen LogP contribution in [-0.4, -0.2) is 52.1 Å². The highest BCUT2D eigenvalue weighted by Crippen LogP contribution is 2.40. The van der Waals surface area contributed by atoms with E-state index < -0.39 is 42.1 Å². The van der Waals surface area contributed by atoms with Crippen LogP contribution in [0.4, 0.5) is 4.79 Å². The van der Waals surface area contributed by atoms with Crippen LogP contribution in [0.2, 0.25) is 0 Å². The van der Waals surface area contributed by atoms with Crippen molar-refractivity contribution in [1.29, 1.82) is 0 Å². The van der Waals surface area contributed by atoms with E-state index in [1.165, 1.54) is 4.90 Å². The Labute approximate surface area is 140 Å². The van der Waals surface area contributed by atoms with E-state index in [1.807, 2.05) is 30.3 Å². The van der Waals surface area contributed by atoms with Gasteiger partial charge in [-0.15, -0.1) is 0 Å². The van der Waals surface area contributed by atoms with Crippen molar-refractivity contribution in [3.05, 3.63) is 35.9 Å². The van der Waals surface area contributed by atoms with Crippen LogP contribution in [0, 0.1) is 0 Å². The van der Waals surface area contributed by atoms with Crippen molar-refractivity contribution in [3.8, 4) is 0 Å². The number of nitrogens with zero attached hydrogens (tertiary/aromatic N) is 1. The minimum Gasteiger partial charge on any atom is -0.480 e. The van der Waals surface area contributed by atoms with Crippen molar-refractivity contribution >= 4 is 12.1 Å². The average Bonchev–Trinajstić information content (AvgIpc) is 2.97. The Bertz CT molecular complexity index is 631. The number of carbonyl (C=O) groups is 2. The summed E-state index contributed by atoms with van der Waals surface area (Å²) in [4.78, 5) is 25.4. The number of fused-ring (bicyclic) bond motifs is 1. The van der Waals surface area contributed by atoms with E-state index in [0.717, 1.165) is 5.56 Å². The molecule has 2 saturated heterocycles. The van der Waals surface area contributed by atoms with Gasteiger partial charge in [0.05, 0.1) is 6.04 Å². The molecule has 2 heterocycles. The number of hydrogen-bond donors (Lipinski definition) is 1. The van der Waals surface area contributed by atoms with Gasteiger partial charge in [-0.3, -0.25) is 4.90 Å². The topological polar surface area (TPSA) is 85.3 Å². The van der Waals surface area contributed by atoms with Crippen molar-refractivity contribution in [3.63, 3.8) is 0 Å². The number of likely N-dealkylation sites (tertiary alicyclic amines) is 1. The summed E-state index contributed by atoms with van der Waals surface area (Å²) in [6.45, 7) is 5.29. The number of carboxylic acids is 1. The van der Waals surface area contributed by atoms with E-state index in [9.17, 15) is 14.7 Å². The molecule has 0 spiro atoms. The second-order valence-electron chi connectivity index (χ2n) is 6.54. The predicted molar refractivity (Wildman–Crippen MR) is 83.2 cm³/mol. The molecule has 2 aliphatic rings. The smallest absolute Gasteiger partial charge is 0.411 e. The fraction of sp³-hybridized carbons (Fsp3) is 0.529. The van der Waals surface area contributed by atoms with E-state index >= 15 is 0 Å². The van der Waals surface area contributed by atoms with Gasteiger partial charge in [0, 0.05) is 0 Å². The maximum absolute atomic E-state index is 12.5. The van der Waals surface area contributed by atoms with E-state index in [4.69, 9.17) is 14.2 Å². The molecule has 24 heavy (non-hydrogen) atoms. The summed E-state index contributed by atoms with van der Waals surface area (Å²) >= 11 is 0. The molecule has 7 heteroatoms. The zero-order valence-corrected chi connectivity index (χ0v) is 13.8. The van der Waals surface area contributed by atoms with Gasteiger partial charge in [0.2, 0.25) is 0 Å². The number of rotatable bonds is 3. The molecule has 0 unspecified atom stereocenters. The number of carbonyl (C=O) groups excluding carboxylic acids is 1. The van der Waals surface area contributed by atoms with Gasteiger partial charge in [-0.2, -0.15) is 0 Å². The van der Waals surface area contributed by atoms with Gasteiger partial charge in [0.15, 0.2) is 11.8 Å². The molecule has 2 aliphatic heterocycles. The summed E-state index contributed by atoms with van der Waals surface area (Å²) in [5.41, 5.74) is 0.832. The first-order valence-electron chi connectivity index (χ1n) is 7.87. The summed E-state index contributed by atoms with van der Waals surface area (Å²) in [6.07, 6.45) is -1.89. The molecular formula is C17H21NO6. The van der Waals surface area contributed by atoms with Crippen LogP contribution >= 0.6 is 0 Å². The quantitative estimate of drug-likeness (QED) is 0.909. The summed E-state index contributed by atoms with van der Waals surface area (Å²) < 4.78 is 16.8. The molecule has 0 bridgehead atoms. The molecule has 7 nitrogen and oxygen atoms in total. The number of aliphatic carboxylic acids is 1. The van der Waals surface area contributed by atoms with Crippen LogP contribution in [0.5, 0.6) is 0 Å². The van der Waals surface area contributed by atoms with Gasteiger partial charge in [0.25, 0.3) is 0 Å². The van der Waals surface area contributed by atoms with E-state index in [1.54, 1.807) is 20.8 Å². The highest BCUT2D eigenvalue weighted by atomic mass is 16.8. The molecule has 0 aliphatic carbocycles. The van der Waals surface area contributed by atoms with Crippen LogP contribution < -0.4 is 0 Å². The summed E-state index contributed by atoms with van der Waals surface area (Å²) in [6, 6.07) is 7.63. The van der Waals surface area contributed by atoms with Gasteiger partial charge >= 0.3 is 12.1 Å². The van der Waals surface area contributed by atoms with Crippen molar-refractivity contribution in [2.75, 3.05) is 0 Å². The Morgan fingerprint density at radius 1 is 1.21 bits per heavy atom. The second kappa shape index (κ2) is 6.07. The first kappa shape index (κ1) is 16.7.